The highest BCUT2D eigenvalue weighted by molar-refractivity contribution is 5.90. The average molecular weight is 290 g/mol. The second kappa shape index (κ2) is 5.56. The highest BCUT2D eigenvalue weighted by Crippen LogP contribution is 2.36. The molecule has 0 aromatic heterocycles. The zero-order chi connectivity index (χ0) is 14.9. The smallest absolute Gasteiger partial charge is 0.415 e. The van der Waals surface area contributed by atoms with Crippen molar-refractivity contribution in [2.75, 3.05) is 31.6 Å². The third-order valence-corrected chi connectivity index (χ3v) is 4.56. The lowest BCUT2D eigenvalue weighted by atomic mass is 9.83. The number of amides is 1. The summed E-state index contributed by atoms with van der Waals surface area (Å²) < 4.78 is 10.9. The van der Waals surface area contributed by atoms with Gasteiger partial charge in [-0.1, -0.05) is 0 Å². The number of ether oxygens (including phenoxy) is 2. The molecule has 2 heterocycles. The molecular formula is C16H22N2O3. The fourth-order valence-electron chi connectivity index (χ4n) is 3.21. The van der Waals surface area contributed by atoms with E-state index < -0.39 is 5.60 Å². The van der Waals surface area contributed by atoms with Gasteiger partial charge >= 0.3 is 6.09 Å². The Labute approximate surface area is 125 Å². The Kier molecular flexibility index (Phi) is 3.76. The lowest BCUT2D eigenvalue weighted by Crippen LogP contribution is -2.46. The van der Waals surface area contributed by atoms with Crippen LogP contribution >= 0.6 is 0 Å². The van der Waals surface area contributed by atoms with Gasteiger partial charge < -0.3 is 14.8 Å². The van der Waals surface area contributed by atoms with Crippen molar-refractivity contribution >= 4 is 11.8 Å². The second-order valence-electron chi connectivity index (χ2n) is 6.01. The Morgan fingerprint density at radius 2 is 2.14 bits per heavy atom. The molecule has 1 amide bonds. The molecule has 21 heavy (non-hydrogen) atoms. The number of methoxy groups -OCH3 is 1. The summed E-state index contributed by atoms with van der Waals surface area (Å²) >= 11 is 0. The number of nitrogens with one attached hydrogen (secondary N) is 1. The molecule has 2 aliphatic heterocycles. The van der Waals surface area contributed by atoms with E-state index in [4.69, 9.17) is 9.47 Å². The van der Waals surface area contributed by atoms with Crippen LogP contribution in [-0.2, 0) is 4.74 Å². The van der Waals surface area contributed by atoms with Crippen molar-refractivity contribution in [1.29, 1.82) is 0 Å². The third kappa shape index (κ3) is 2.70. The Balaban J connectivity index is 1.76. The molecule has 0 radical (unpaired) electrons. The molecule has 1 aromatic rings. The van der Waals surface area contributed by atoms with Gasteiger partial charge in [-0.3, -0.25) is 4.90 Å². The van der Waals surface area contributed by atoms with Gasteiger partial charge in [0.15, 0.2) is 0 Å². The monoisotopic (exact) mass is 290 g/mol. The van der Waals surface area contributed by atoms with Gasteiger partial charge in [-0.2, -0.15) is 0 Å². The minimum Gasteiger partial charge on any atom is -0.497 e. The van der Waals surface area contributed by atoms with E-state index in [-0.39, 0.29) is 6.09 Å². The number of cyclic esters (lactones) is 1. The van der Waals surface area contributed by atoms with Gasteiger partial charge in [-0.25, -0.2) is 4.79 Å². The predicted octanol–water partition coefficient (Wildman–Crippen LogP) is 2.41. The van der Waals surface area contributed by atoms with Crippen molar-refractivity contribution in [2.45, 2.75) is 25.4 Å². The Morgan fingerprint density at radius 1 is 1.38 bits per heavy atom. The summed E-state index contributed by atoms with van der Waals surface area (Å²) in [5.41, 5.74) is 0.443. The molecular weight excluding hydrogens is 268 g/mol. The molecule has 2 unspecified atom stereocenters. The largest absolute Gasteiger partial charge is 0.497 e. The number of nitrogens with zero attached hydrogens (tertiary/aromatic N) is 1. The van der Waals surface area contributed by atoms with Gasteiger partial charge in [-0.05, 0) is 50.6 Å². The van der Waals surface area contributed by atoms with E-state index in [2.05, 4.69) is 5.32 Å². The van der Waals surface area contributed by atoms with Gasteiger partial charge in [0.05, 0.1) is 13.7 Å². The molecule has 5 nitrogen and oxygen atoms in total. The van der Waals surface area contributed by atoms with Gasteiger partial charge in [0.2, 0.25) is 0 Å². The molecule has 1 N–H and O–H groups in total. The van der Waals surface area contributed by atoms with Crippen LogP contribution in [0.25, 0.3) is 0 Å². The molecule has 2 fully saturated rings. The minimum atomic E-state index is -0.412. The van der Waals surface area contributed by atoms with Crippen LogP contribution in [0.2, 0.25) is 0 Å². The van der Waals surface area contributed by atoms with Crippen molar-refractivity contribution in [3.05, 3.63) is 24.3 Å². The molecule has 0 aliphatic carbocycles. The van der Waals surface area contributed by atoms with E-state index in [9.17, 15) is 4.79 Å². The van der Waals surface area contributed by atoms with E-state index in [1.807, 2.05) is 31.2 Å². The summed E-state index contributed by atoms with van der Waals surface area (Å²) in [6.45, 7) is 4.62. The van der Waals surface area contributed by atoms with Crippen LogP contribution in [0.5, 0.6) is 5.75 Å². The number of carbonyl (C=O) groups is 1. The molecule has 0 saturated carbocycles. The predicted molar refractivity (Wildman–Crippen MR) is 80.8 cm³/mol. The zero-order valence-electron chi connectivity index (χ0n) is 12.6. The van der Waals surface area contributed by atoms with Gasteiger partial charge in [0.1, 0.15) is 11.4 Å². The molecule has 2 saturated heterocycles. The lowest BCUT2D eigenvalue weighted by Gasteiger charge is -2.34. The van der Waals surface area contributed by atoms with Crippen LogP contribution in [0, 0.1) is 5.92 Å². The quantitative estimate of drug-likeness (QED) is 0.929. The van der Waals surface area contributed by atoms with Gasteiger partial charge in [-0.15, -0.1) is 0 Å². The summed E-state index contributed by atoms with van der Waals surface area (Å²) in [5, 5.41) is 3.40. The van der Waals surface area contributed by atoms with Crippen LogP contribution in [0.3, 0.4) is 0 Å². The van der Waals surface area contributed by atoms with Crippen LogP contribution in [0.15, 0.2) is 24.3 Å². The number of hydrogen-bond donors (Lipinski definition) is 1. The van der Waals surface area contributed by atoms with E-state index in [1.54, 1.807) is 12.0 Å². The van der Waals surface area contributed by atoms with Crippen LogP contribution in [0.1, 0.15) is 19.8 Å². The maximum absolute atomic E-state index is 12.2. The fraction of sp³-hybridized carbons (Fsp3) is 0.562. The molecule has 0 bridgehead atoms. The van der Waals surface area contributed by atoms with E-state index >= 15 is 0 Å². The van der Waals surface area contributed by atoms with Gasteiger partial charge in [0, 0.05) is 18.2 Å². The molecule has 3 rings (SSSR count). The van der Waals surface area contributed by atoms with Crippen molar-refractivity contribution in [1.82, 2.24) is 5.32 Å². The summed E-state index contributed by atoms with van der Waals surface area (Å²) in [7, 11) is 1.63. The Hall–Kier alpha value is -1.75. The molecule has 2 atom stereocenters. The molecule has 5 heteroatoms. The Morgan fingerprint density at radius 3 is 2.76 bits per heavy atom. The van der Waals surface area contributed by atoms with Crippen LogP contribution in [-0.4, -0.2) is 38.4 Å². The first-order chi connectivity index (χ1) is 10.1. The lowest BCUT2D eigenvalue weighted by molar-refractivity contribution is 0.0123. The summed E-state index contributed by atoms with van der Waals surface area (Å²) in [6, 6.07) is 7.51. The molecule has 0 spiro atoms. The molecule has 2 aliphatic rings. The number of benzene rings is 1. The summed E-state index contributed by atoms with van der Waals surface area (Å²) in [6.07, 6.45) is 1.99. The van der Waals surface area contributed by atoms with Crippen LogP contribution in [0.4, 0.5) is 10.5 Å². The first kappa shape index (κ1) is 14.2. The van der Waals surface area contributed by atoms with E-state index in [0.29, 0.717) is 12.5 Å². The maximum Gasteiger partial charge on any atom is 0.415 e. The summed E-state index contributed by atoms with van der Waals surface area (Å²) in [4.78, 5) is 14.0. The van der Waals surface area contributed by atoms with E-state index in [0.717, 1.165) is 37.4 Å². The van der Waals surface area contributed by atoms with E-state index in [1.165, 1.54) is 0 Å². The number of piperidine rings is 1. The topological polar surface area (TPSA) is 50.8 Å². The van der Waals surface area contributed by atoms with Gasteiger partial charge in [0.25, 0.3) is 0 Å². The van der Waals surface area contributed by atoms with Crippen molar-refractivity contribution in [3.8, 4) is 5.75 Å². The van der Waals surface area contributed by atoms with Crippen molar-refractivity contribution in [3.63, 3.8) is 0 Å². The SMILES string of the molecule is COc1ccc(N2CC(C)(C3CCCNC3)OC2=O)cc1. The van der Waals surface area contributed by atoms with Crippen molar-refractivity contribution < 1.29 is 14.3 Å². The number of anilines is 1. The standard InChI is InChI=1S/C16H22N2O3/c1-16(12-4-3-9-17-10-12)11-18(15(19)21-16)13-5-7-14(20-2)8-6-13/h5-8,12,17H,3-4,9-11H2,1-2H3. The first-order valence-corrected chi connectivity index (χ1v) is 7.48. The summed E-state index contributed by atoms with van der Waals surface area (Å²) in [5.74, 6) is 1.16. The van der Waals surface area contributed by atoms with Crippen LogP contribution < -0.4 is 15.0 Å². The number of hydrogen-bond acceptors (Lipinski definition) is 4. The second-order valence-corrected chi connectivity index (χ2v) is 6.01. The Bertz CT molecular complexity index is 511. The third-order valence-electron chi connectivity index (χ3n) is 4.56. The highest BCUT2D eigenvalue weighted by atomic mass is 16.6. The zero-order valence-corrected chi connectivity index (χ0v) is 12.6. The number of carbonyl (C=O) groups excluding carboxylic acids is 1. The van der Waals surface area contributed by atoms with Crippen molar-refractivity contribution in [2.24, 2.45) is 5.92 Å². The minimum absolute atomic E-state index is 0.256. The normalized spacial score (nSPS) is 29.3. The average Bonchev–Trinajstić information content (AvgIpc) is 2.85. The fourth-order valence-corrected chi connectivity index (χ4v) is 3.21. The first-order valence-electron chi connectivity index (χ1n) is 7.48. The molecule has 1 aromatic carbocycles. The molecule has 114 valence electrons. The maximum atomic E-state index is 12.2. The number of rotatable bonds is 3. The highest BCUT2D eigenvalue weighted by Gasteiger charge is 2.47.